The molecule has 0 aromatic carbocycles. The molecule has 40 heavy (non-hydrogen) atoms. The molecule has 13 nitrogen and oxygen atoms in total. The quantitative estimate of drug-likeness (QED) is 0.141. The van der Waals surface area contributed by atoms with Crippen molar-refractivity contribution in [3.05, 3.63) is 24.3 Å². The van der Waals surface area contributed by atoms with Crippen molar-refractivity contribution in [3.8, 4) is 0 Å². The molecule has 1 saturated carbocycles. The first-order valence-corrected chi connectivity index (χ1v) is 14.4. The third-order valence-corrected chi connectivity index (χ3v) is 6.91. The fourth-order valence-electron chi connectivity index (χ4n) is 4.74. The summed E-state index contributed by atoms with van der Waals surface area (Å²) in [6.45, 7) is 2.84. The molecule has 0 aromatic rings. The molecule has 9 atom stereocenters. The predicted octanol–water partition coefficient (Wildman–Crippen LogP) is -1.91. The topological polar surface area (TPSA) is 237 Å². The zero-order chi connectivity index (χ0) is 29.3. The maximum Gasteiger partial charge on any atom is 0.249 e. The van der Waals surface area contributed by atoms with Gasteiger partial charge >= 0.3 is 0 Å². The van der Waals surface area contributed by atoms with Crippen LogP contribution in [0.3, 0.4) is 0 Å². The minimum Gasteiger partial charge on any atom is -0.394 e. The van der Waals surface area contributed by atoms with Crippen molar-refractivity contribution < 1.29 is 34.0 Å². The number of nitrogens with one attached hydrogen (secondary N) is 1. The Morgan fingerprint density at radius 2 is 1.77 bits per heavy atom. The van der Waals surface area contributed by atoms with Gasteiger partial charge in [0.1, 0.15) is 6.10 Å². The molecule has 1 aliphatic carbocycles. The van der Waals surface area contributed by atoms with Crippen molar-refractivity contribution >= 4 is 5.91 Å². The van der Waals surface area contributed by atoms with E-state index in [1.807, 2.05) is 18.2 Å². The average molecular weight is 573 g/mol. The van der Waals surface area contributed by atoms with Crippen LogP contribution >= 0.6 is 0 Å². The summed E-state index contributed by atoms with van der Waals surface area (Å²) in [5.74, 6) is -0.411. The van der Waals surface area contributed by atoms with Crippen LogP contribution in [0.15, 0.2) is 24.3 Å². The molecule has 4 rings (SSSR count). The van der Waals surface area contributed by atoms with E-state index in [-0.39, 0.29) is 68.4 Å². The summed E-state index contributed by atoms with van der Waals surface area (Å²) in [6, 6.07) is -0.132. The number of rotatable bonds is 9. The van der Waals surface area contributed by atoms with Crippen LogP contribution in [0.5, 0.6) is 0 Å². The van der Waals surface area contributed by atoms with Crippen molar-refractivity contribution in [1.82, 2.24) is 5.32 Å². The molecule has 13 heteroatoms. The molecule has 3 heterocycles. The number of aliphatic hydroxyl groups is 2. The largest absolute Gasteiger partial charge is 0.394 e. The first kappa shape index (κ1) is 34.7. The van der Waals surface area contributed by atoms with Crippen LogP contribution in [0.25, 0.3) is 0 Å². The molecule has 2 fully saturated rings. The molecule has 232 valence electrons. The van der Waals surface area contributed by atoms with E-state index < -0.39 is 12.0 Å². The highest BCUT2D eigenvalue weighted by Crippen LogP contribution is 2.27. The second-order valence-electron chi connectivity index (χ2n) is 10.5. The molecule has 0 spiro atoms. The Bertz CT molecular complexity index is 761. The van der Waals surface area contributed by atoms with E-state index in [9.17, 15) is 9.90 Å². The van der Waals surface area contributed by atoms with E-state index >= 15 is 0 Å². The predicted molar refractivity (Wildman–Crippen MR) is 152 cm³/mol. The van der Waals surface area contributed by atoms with Gasteiger partial charge in [-0.15, -0.1) is 0 Å². The Kier molecular flexibility index (Phi) is 17.0. The van der Waals surface area contributed by atoms with Crippen molar-refractivity contribution in [2.24, 2.45) is 28.7 Å². The van der Waals surface area contributed by atoms with Crippen molar-refractivity contribution in [2.75, 3.05) is 39.5 Å². The molecule has 1 saturated heterocycles. The van der Waals surface area contributed by atoms with Gasteiger partial charge < -0.3 is 63.1 Å². The third kappa shape index (κ3) is 13.4. The second kappa shape index (κ2) is 19.6. The maximum absolute atomic E-state index is 11.9. The van der Waals surface area contributed by atoms with E-state index in [0.29, 0.717) is 39.0 Å². The minimum absolute atomic E-state index is 0.00174. The number of ether oxygens (including phenoxy) is 4. The highest BCUT2D eigenvalue weighted by Gasteiger charge is 2.33. The zero-order valence-electron chi connectivity index (χ0n) is 23.5. The number of hydrogen-bond donors (Lipinski definition) is 8. The first-order valence-electron chi connectivity index (χ1n) is 14.4. The smallest absolute Gasteiger partial charge is 0.249 e. The number of carbonyl (C=O) groups is 1. The number of aliphatic hydroxyl groups excluding tert-OH is 2. The highest BCUT2D eigenvalue weighted by atomic mass is 16.7. The SMILES string of the molecule is NCC1C=CCCO1.NCCC(O)C(=O)NC1CC(N)CC(OC2CCC(CO)O2)C1.NC[C@H]1C=C[C@@H](N)CO1. The van der Waals surface area contributed by atoms with Gasteiger partial charge in [-0.05, 0) is 45.1 Å². The Balaban J connectivity index is 0.000000267. The molecular formula is C27H52N6O7. The van der Waals surface area contributed by atoms with Gasteiger partial charge in [0.15, 0.2) is 6.29 Å². The van der Waals surface area contributed by atoms with E-state index in [4.69, 9.17) is 52.7 Å². The van der Waals surface area contributed by atoms with Gasteiger partial charge in [0.05, 0.1) is 44.2 Å². The lowest BCUT2D eigenvalue weighted by Crippen LogP contribution is -2.50. The molecule has 13 N–H and O–H groups in total. The number of carbonyl (C=O) groups excluding carboxylic acids is 1. The number of amides is 1. The van der Waals surface area contributed by atoms with E-state index in [1.54, 1.807) is 0 Å². The second-order valence-corrected chi connectivity index (χ2v) is 10.5. The van der Waals surface area contributed by atoms with Crippen LogP contribution in [-0.2, 0) is 23.7 Å². The summed E-state index contributed by atoms with van der Waals surface area (Å²) < 4.78 is 21.9. The molecule has 0 aromatic heterocycles. The maximum atomic E-state index is 11.9. The summed E-state index contributed by atoms with van der Waals surface area (Å²) in [7, 11) is 0. The summed E-state index contributed by atoms with van der Waals surface area (Å²) in [5.41, 5.74) is 27.6. The van der Waals surface area contributed by atoms with Crippen molar-refractivity contribution in [1.29, 1.82) is 0 Å². The lowest BCUT2D eigenvalue weighted by molar-refractivity contribution is -0.175. The van der Waals surface area contributed by atoms with E-state index in [2.05, 4.69) is 11.4 Å². The van der Waals surface area contributed by atoms with Gasteiger partial charge in [0.25, 0.3) is 0 Å². The van der Waals surface area contributed by atoms with Crippen molar-refractivity contribution in [3.63, 3.8) is 0 Å². The lowest BCUT2D eigenvalue weighted by Gasteiger charge is -2.35. The van der Waals surface area contributed by atoms with Crippen molar-refractivity contribution in [2.45, 2.75) is 99.9 Å². The summed E-state index contributed by atoms with van der Waals surface area (Å²) in [6.07, 6.45) is 11.4. The van der Waals surface area contributed by atoms with Gasteiger partial charge in [-0.25, -0.2) is 0 Å². The zero-order valence-corrected chi connectivity index (χ0v) is 23.5. The minimum atomic E-state index is -1.08. The molecule has 0 radical (unpaired) electrons. The molecule has 1 amide bonds. The van der Waals surface area contributed by atoms with E-state index in [1.165, 1.54) is 0 Å². The van der Waals surface area contributed by atoms with Crippen LogP contribution in [0.2, 0.25) is 0 Å². The Labute approximate surface area is 237 Å². The fraction of sp³-hybridized carbons (Fsp3) is 0.815. The molecule has 0 bridgehead atoms. The molecule has 4 aliphatic rings. The Morgan fingerprint density at radius 3 is 2.33 bits per heavy atom. The third-order valence-electron chi connectivity index (χ3n) is 6.91. The number of hydrogen-bond acceptors (Lipinski definition) is 12. The van der Waals surface area contributed by atoms with Crippen LogP contribution < -0.4 is 34.0 Å². The summed E-state index contributed by atoms with van der Waals surface area (Å²) in [5, 5.41) is 21.6. The van der Waals surface area contributed by atoms with Crippen LogP contribution in [0.1, 0.15) is 44.9 Å². The summed E-state index contributed by atoms with van der Waals surface area (Å²) in [4.78, 5) is 11.9. The first-order chi connectivity index (χ1) is 19.3. The van der Waals surface area contributed by atoms with Crippen LogP contribution in [0.4, 0.5) is 0 Å². The summed E-state index contributed by atoms with van der Waals surface area (Å²) >= 11 is 0. The van der Waals surface area contributed by atoms with Gasteiger partial charge in [-0.3, -0.25) is 4.79 Å². The van der Waals surface area contributed by atoms with Gasteiger partial charge in [0.2, 0.25) is 5.91 Å². The van der Waals surface area contributed by atoms with Gasteiger partial charge in [-0.1, -0.05) is 24.3 Å². The fourth-order valence-corrected chi connectivity index (χ4v) is 4.74. The average Bonchev–Trinajstić information content (AvgIpc) is 3.42. The standard InChI is InChI=1S/C15H29N3O5.C6H12N2O.C6H11NO/c16-4-3-13(20)15(21)18-10-5-9(17)6-12(7-10)23-14-2-1-11(8-19)22-14;7-3-6-2-1-5(8)4-9-6;7-5-6-3-1-2-4-8-6/h9-14,19-20H,1-8,16-17H2,(H,18,21);1-2,5-6H,3-4,7-8H2;1,3,6H,2,4-5,7H2/t;5-,6-;/m.1./s1. The highest BCUT2D eigenvalue weighted by molar-refractivity contribution is 5.80. The molecular weight excluding hydrogens is 520 g/mol. The Hall–Kier alpha value is -1.49. The van der Waals surface area contributed by atoms with Gasteiger partial charge in [-0.2, -0.15) is 0 Å². The lowest BCUT2D eigenvalue weighted by atomic mass is 9.89. The molecule has 3 aliphatic heterocycles. The van der Waals surface area contributed by atoms with Gasteiger partial charge in [0, 0.05) is 37.6 Å². The molecule has 7 unspecified atom stereocenters. The Morgan fingerprint density at radius 1 is 1.02 bits per heavy atom. The van der Waals surface area contributed by atoms with E-state index in [0.717, 1.165) is 25.9 Å². The number of nitrogens with two attached hydrogens (primary N) is 5. The van der Waals surface area contributed by atoms with Crippen LogP contribution in [0, 0.1) is 0 Å². The monoisotopic (exact) mass is 572 g/mol. The van der Waals surface area contributed by atoms with Crippen LogP contribution in [-0.4, -0.2) is 111 Å². The normalized spacial score (nSPS) is 34.2.